The average Bonchev–Trinajstić information content (AvgIpc) is 3.04. The molecule has 0 aliphatic heterocycles. The Kier molecular flexibility index (Phi) is 5.53. The van der Waals surface area contributed by atoms with Gasteiger partial charge >= 0.3 is 0 Å². The normalized spacial score (nSPS) is 10.3. The summed E-state index contributed by atoms with van der Waals surface area (Å²) in [7, 11) is 1.62. The summed E-state index contributed by atoms with van der Waals surface area (Å²) in [6, 6.07) is 15.3. The van der Waals surface area contributed by atoms with E-state index in [0.29, 0.717) is 11.7 Å². The molecule has 2 aromatic carbocycles. The summed E-state index contributed by atoms with van der Waals surface area (Å²) in [6.07, 6.45) is 3.62. The number of anilines is 2. The second kappa shape index (κ2) is 8.00. The van der Waals surface area contributed by atoms with E-state index in [9.17, 15) is 0 Å². The van der Waals surface area contributed by atoms with Crippen molar-refractivity contribution in [1.82, 2.24) is 9.78 Å². The van der Waals surface area contributed by atoms with Crippen molar-refractivity contribution in [2.75, 3.05) is 17.7 Å². The number of methoxy groups -OCH3 is 1. The zero-order valence-electron chi connectivity index (χ0n) is 13.6. The topological polar surface area (TPSA) is 51.1 Å². The SMILES string of the molecule is COc1ccccc1NC(=S)Nc1cnn(Cc2ccc(Cl)cc2)c1. The van der Waals surface area contributed by atoms with Gasteiger partial charge in [-0.1, -0.05) is 35.9 Å². The standard InChI is InChI=1S/C18H17ClN4OS/c1-24-17-5-3-2-4-16(17)22-18(25)21-15-10-20-23(12-15)11-13-6-8-14(19)9-7-13/h2-10,12H,11H2,1H3,(H2,21,22,25). The number of nitrogens with zero attached hydrogens (tertiary/aromatic N) is 2. The molecule has 0 radical (unpaired) electrons. The molecule has 0 spiro atoms. The third-order valence-electron chi connectivity index (χ3n) is 3.50. The van der Waals surface area contributed by atoms with Crippen molar-refractivity contribution in [2.24, 2.45) is 0 Å². The predicted molar refractivity (Wildman–Crippen MR) is 106 cm³/mol. The van der Waals surface area contributed by atoms with Crippen LogP contribution < -0.4 is 15.4 Å². The lowest BCUT2D eigenvalue weighted by molar-refractivity contribution is 0.417. The van der Waals surface area contributed by atoms with E-state index in [1.165, 1.54) is 0 Å². The minimum Gasteiger partial charge on any atom is -0.495 e. The Labute approximate surface area is 156 Å². The Balaban J connectivity index is 1.61. The van der Waals surface area contributed by atoms with Crippen LogP contribution in [0.2, 0.25) is 5.02 Å². The van der Waals surface area contributed by atoms with Crippen LogP contribution in [0.1, 0.15) is 5.56 Å². The van der Waals surface area contributed by atoms with E-state index in [-0.39, 0.29) is 0 Å². The Bertz CT molecular complexity index is 864. The first kappa shape index (κ1) is 17.3. The Morgan fingerprint density at radius 3 is 2.68 bits per heavy atom. The molecule has 0 saturated carbocycles. The lowest BCUT2D eigenvalue weighted by Crippen LogP contribution is -2.19. The van der Waals surface area contributed by atoms with Gasteiger partial charge in [-0.05, 0) is 42.0 Å². The number of thiocarbonyl (C=S) groups is 1. The molecule has 0 unspecified atom stereocenters. The zero-order chi connectivity index (χ0) is 17.6. The highest BCUT2D eigenvalue weighted by Crippen LogP contribution is 2.23. The van der Waals surface area contributed by atoms with Gasteiger partial charge < -0.3 is 15.4 Å². The summed E-state index contributed by atoms with van der Waals surface area (Å²) < 4.78 is 7.13. The highest BCUT2D eigenvalue weighted by Gasteiger charge is 2.06. The van der Waals surface area contributed by atoms with Gasteiger partial charge in [0.25, 0.3) is 0 Å². The van der Waals surface area contributed by atoms with Crippen LogP contribution in [0.5, 0.6) is 5.75 Å². The predicted octanol–water partition coefficient (Wildman–Crippen LogP) is 4.40. The van der Waals surface area contributed by atoms with Crippen molar-refractivity contribution in [3.05, 3.63) is 71.5 Å². The Hall–Kier alpha value is -2.57. The molecule has 0 aliphatic rings. The zero-order valence-corrected chi connectivity index (χ0v) is 15.1. The third kappa shape index (κ3) is 4.71. The van der Waals surface area contributed by atoms with Crippen LogP contribution >= 0.6 is 23.8 Å². The lowest BCUT2D eigenvalue weighted by Gasteiger charge is -2.12. The minimum absolute atomic E-state index is 0.468. The van der Waals surface area contributed by atoms with Gasteiger partial charge in [-0.25, -0.2) is 0 Å². The third-order valence-corrected chi connectivity index (χ3v) is 3.96. The molecule has 0 bridgehead atoms. The van der Waals surface area contributed by atoms with Crippen molar-refractivity contribution in [3.8, 4) is 5.75 Å². The monoisotopic (exact) mass is 372 g/mol. The fraction of sp³-hybridized carbons (Fsp3) is 0.111. The molecule has 0 atom stereocenters. The molecule has 0 saturated heterocycles. The van der Waals surface area contributed by atoms with E-state index in [1.54, 1.807) is 13.3 Å². The second-order valence-electron chi connectivity index (χ2n) is 5.33. The van der Waals surface area contributed by atoms with Gasteiger partial charge in [0.2, 0.25) is 0 Å². The van der Waals surface area contributed by atoms with Crippen LogP contribution in [0.15, 0.2) is 60.9 Å². The average molecular weight is 373 g/mol. The van der Waals surface area contributed by atoms with Crippen LogP contribution in [-0.4, -0.2) is 22.0 Å². The molecule has 128 valence electrons. The van der Waals surface area contributed by atoms with Crippen LogP contribution in [0.3, 0.4) is 0 Å². The Morgan fingerprint density at radius 2 is 1.92 bits per heavy atom. The second-order valence-corrected chi connectivity index (χ2v) is 6.18. The molecule has 0 fully saturated rings. The first-order valence-corrected chi connectivity index (χ1v) is 8.40. The first-order valence-electron chi connectivity index (χ1n) is 7.62. The quantitative estimate of drug-likeness (QED) is 0.650. The molecule has 25 heavy (non-hydrogen) atoms. The summed E-state index contributed by atoms with van der Waals surface area (Å²) in [5, 5.41) is 11.8. The summed E-state index contributed by atoms with van der Waals surface area (Å²) in [4.78, 5) is 0. The molecule has 5 nitrogen and oxygen atoms in total. The smallest absolute Gasteiger partial charge is 0.175 e. The molecule has 0 aliphatic carbocycles. The number of aromatic nitrogens is 2. The summed E-state index contributed by atoms with van der Waals surface area (Å²) >= 11 is 11.3. The van der Waals surface area contributed by atoms with Crippen molar-refractivity contribution < 1.29 is 4.74 Å². The molecule has 1 heterocycles. The van der Waals surface area contributed by atoms with Crippen LogP contribution in [-0.2, 0) is 6.54 Å². The number of halogens is 1. The van der Waals surface area contributed by atoms with Crippen LogP contribution in [0.4, 0.5) is 11.4 Å². The first-order chi connectivity index (χ1) is 12.1. The minimum atomic E-state index is 0.468. The molecular weight excluding hydrogens is 356 g/mol. The number of nitrogens with one attached hydrogen (secondary N) is 2. The van der Waals surface area contributed by atoms with E-state index in [0.717, 1.165) is 27.7 Å². The van der Waals surface area contributed by atoms with Crippen molar-refractivity contribution in [1.29, 1.82) is 0 Å². The summed E-state index contributed by atoms with van der Waals surface area (Å²) in [6.45, 7) is 0.658. The molecule has 2 N–H and O–H groups in total. The van der Waals surface area contributed by atoms with Crippen molar-refractivity contribution in [3.63, 3.8) is 0 Å². The van der Waals surface area contributed by atoms with Gasteiger partial charge in [-0.2, -0.15) is 5.10 Å². The highest BCUT2D eigenvalue weighted by molar-refractivity contribution is 7.80. The largest absolute Gasteiger partial charge is 0.495 e. The molecule has 1 aromatic heterocycles. The molecular formula is C18H17ClN4OS. The maximum Gasteiger partial charge on any atom is 0.175 e. The molecule has 3 rings (SSSR count). The van der Waals surface area contributed by atoms with E-state index in [4.69, 9.17) is 28.6 Å². The van der Waals surface area contributed by atoms with E-state index in [2.05, 4.69) is 15.7 Å². The summed E-state index contributed by atoms with van der Waals surface area (Å²) in [5.41, 5.74) is 2.73. The fourth-order valence-corrected chi connectivity index (χ4v) is 2.68. The van der Waals surface area contributed by atoms with E-state index in [1.807, 2.05) is 59.4 Å². The van der Waals surface area contributed by atoms with Gasteiger partial charge in [0, 0.05) is 11.2 Å². The molecule has 3 aromatic rings. The van der Waals surface area contributed by atoms with Gasteiger partial charge in [0.05, 0.1) is 31.2 Å². The lowest BCUT2D eigenvalue weighted by atomic mass is 10.2. The number of hydrogen-bond acceptors (Lipinski definition) is 3. The van der Waals surface area contributed by atoms with Gasteiger partial charge in [0.1, 0.15) is 5.75 Å². The van der Waals surface area contributed by atoms with Crippen LogP contribution in [0, 0.1) is 0 Å². The fourth-order valence-electron chi connectivity index (χ4n) is 2.32. The molecule has 7 heteroatoms. The molecule has 0 amide bonds. The van der Waals surface area contributed by atoms with Gasteiger partial charge in [-0.3, -0.25) is 4.68 Å². The number of rotatable bonds is 5. The number of ether oxygens (including phenoxy) is 1. The maximum absolute atomic E-state index is 5.90. The summed E-state index contributed by atoms with van der Waals surface area (Å²) in [5.74, 6) is 0.727. The van der Waals surface area contributed by atoms with Gasteiger partial charge in [0.15, 0.2) is 5.11 Å². The van der Waals surface area contributed by atoms with E-state index < -0.39 is 0 Å². The number of benzene rings is 2. The van der Waals surface area contributed by atoms with Crippen molar-refractivity contribution >= 4 is 40.3 Å². The number of hydrogen-bond donors (Lipinski definition) is 2. The van der Waals surface area contributed by atoms with Gasteiger partial charge in [-0.15, -0.1) is 0 Å². The maximum atomic E-state index is 5.90. The van der Waals surface area contributed by atoms with Crippen LogP contribution in [0.25, 0.3) is 0 Å². The Morgan fingerprint density at radius 1 is 1.16 bits per heavy atom. The van der Waals surface area contributed by atoms with E-state index >= 15 is 0 Å². The highest BCUT2D eigenvalue weighted by atomic mass is 35.5. The number of para-hydroxylation sites is 2. The van der Waals surface area contributed by atoms with Crippen molar-refractivity contribution in [2.45, 2.75) is 6.54 Å².